The van der Waals surface area contributed by atoms with Crippen molar-refractivity contribution in [1.29, 1.82) is 0 Å². The Morgan fingerprint density at radius 3 is 2.39 bits per heavy atom. The molecule has 18 heavy (non-hydrogen) atoms. The number of hydrogen-bond acceptors (Lipinski definition) is 4. The van der Waals surface area contributed by atoms with Gasteiger partial charge in [0.15, 0.2) is 0 Å². The van der Waals surface area contributed by atoms with Gasteiger partial charge in [0, 0.05) is 23.3 Å². The molecule has 1 heterocycles. The van der Waals surface area contributed by atoms with E-state index in [4.69, 9.17) is 23.3 Å². The summed E-state index contributed by atoms with van der Waals surface area (Å²) < 4.78 is 31.6. The smallest absolute Gasteiger partial charge is 0.360 e. The van der Waals surface area contributed by atoms with E-state index in [0.717, 1.165) is 5.70 Å². The van der Waals surface area contributed by atoms with E-state index >= 15 is 0 Å². The minimum absolute atomic E-state index is 0. The van der Waals surface area contributed by atoms with Crippen LogP contribution in [0.1, 0.15) is 0 Å². The number of allylic oxidation sites excluding steroid dienone is 3. The molecule has 0 unspecified atom stereocenters. The molecule has 0 amide bonds. The van der Waals surface area contributed by atoms with Gasteiger partial charge in [0.05, 0.1) is 11.9 Å². The minimum atomic E-state index is -4.67. The number of dihydropyridines is 1. The second-order valence-electron chi connectivity index (χ2n) is 2.47. The van der Waals surface area contributed by atoms with Crippen molar-refractivity contribution in [3.63, 3.8) is 0 Å². The Kier molecular flexibility index (Phi) is 10.8. The first-order valence-electron chi connectivity index (χ1n) is 4.01. The molecule has 0 saturated heterocycles. The first kappa shape index (κ1) is 19.4. The minimum Gasteiger partial charge on any atom is -0.360 e. The Morgan fingerprint density at radius 1 is 1.44 bits per heavy atom. The van der Waals surface area contributed by atoms with E-state index in [1.165, 1.54) is 0 Å². The Bertz CT molecular complexity index is 476. The van der Waals surface area contributed by atoms with Gasteiger partial charge in [-0.1, -0.05) is 11.2 Å². The van der Waals surface area contributed by atoms with Crippen LogP contribution in [-0.4, -0.2) is 22.6 Å². The summed E-state index contributed by atoms with van der Waals surface area (Å²) in [6.07, 6.45) is 9.01. The third-order valence-corrected chi connectivity index (χ3v) is 1.18. The van der Waals surface area contributed by atoms with Crippen molar-refractivity contribution in [2.24, 2.45) is 16.0 Å². The van der Waals surface area contributed by atoms with Gasteiger partial charge < -0.3 is 5.32 Å². The molecule has 1 aliphatic heterocycles. The second-order valence-corrected chi connectivity index (χ2v) is 3.82. The molecule has 0 aromatic rings. The fourth-order valence-electron chi connectivity index (χ4n) is 0.638. The van der Waals surface area contributed by atoms with Crippen LogP contribution in [0.4, 0.5) is 0 Å². The van der Waals surface area contributed by atoms with E-state index in [-0.39, 0.29) is 22.2 Å². The van der Waals surface area contributed by atoms with Crippen LogP contribution in [0.25, 0.3) is 0 Å². The van der Waals surface area contributed by atoms with E-state index in [2.05, 4.69) is 27.8 Å². The number of nitrogens with one attached hydrogen (secondary N) is 1. The molecule has 0 atom stereocenters. The van der Waals surface area contributed by atoms with Crippen LogP contribution < -0.4 is 11.1 Å². The molecule has 5 N–H and O–H groups in total. The first-order chi connectivity index (χ1) is 7.79. The van der Waals surface area contributed by atoms with Crippen molar-refractivity contribution >= 4 is 27.7 Å². The molecular weight excluding hydrogens is 324 g/mol. The van der Waals surface area contributed by atoms with Crippen LogP contribution >= 0.6 is 0 Å². The van der Waals surface area contributed by atoms with Crippen molar-refractivity contribution in [1.82, 2.24) is 5.32 Å². The van der Waals surface area contributed by atoms with Crippen LogP contribution in [0.5, 0.6) is 0 Å². The zero-order valence-electron chi connectivity index (χ0n) is 8.78. The Labute approximate surface area is 120 Å². The van der Waals surface area contributed by atoms with Crippen molar-refractivity contribution in [2.45, 2.75) is 0 Å². The molecule has 102 valence electrons. The summed E-state index contributed by atoms with van der Waals surface area (Å²) in [5.74, 6) is 0. The SMILES string of the molecule is NC(=[SH+])N=N/C=C1/C=CC=CN1.O=S(=O)(O)O.[Fe]. The molecule has 1 aliphatic rings. The predicted octanol–water partition coefficient (Wildman–Crippen LogP) is -0.377. The van der Waals surface area contributed by atoms with E-state index in [1.54, 1.807) is 12.4 Å². The molecule has 0 saturated carbocycles. The molecule has 0 aliphatic carbocycles. The van der Waals surface area contributed by atoms with Gasteiger partial charge in [-0.3, -0.25) is 9.11 Å². The van der Waals surface area contributed by atoms with E-state index in [1.807, 2.05) is 18.2 Å². The van der Waals surface area contributed by atoms with E-state index in [9.17, 15) is 0 Å². The maximum absolute atomic E-state index is 8.74. The van der Waals surface area contributed by atoms with Crippen molar-refractivity contribution in [3.8, 4) is 0 Å². The Hall–Kier alpha value is -0.941. The second kappa shape index (κ2) is 10.0. The molecule has 0 aromatic carbocycles. The van der Waals surface area contributed by atoms with Crippen molar-refractivity contribution < 1.29 is 34.6 Å². The van der Waals surface area contributed by atoms with Crippen molar-refractivity contribution in [3.05, 3.63) is 36.3 Å². The number of rotatable bonds is 1. The van der Waals surface area contributed by atoms with Crippen LogP contribution in [0.2, 0.25) is 0 Å². The largest absolute Gasteiger partial charge is 0.394 e. The molecule has 0 radical (unpaired) electrons. The first-order valence-corrected chi connectivity index (χ1v) is 5.85. The summed E-state index contributed by atoms with van der Waals surface area (Å²) in [7, 11) is -4.67. The van der Waals surface area contributed by atoms with Crippen molar-refractivity contribution in [2.75, 3.05) is 0 Å². The van der Waals surface area contributed by atoms with Gasteiger partial charge in [-0.15, -0.1) is 0 Å². The number of nitrogens with zero attached hydrogens (tertiary/aromatic N) is 2. The maximum atomic E-state index is 8.74. The molecule has 0 bridgehead atoms. The fraction of sp³-hybridized carbons (Fsp3) is 0. The molecule has 11 heteroatoms. The molecule has 0 aromatic heterocycles. The van der Waals surface area contributed by atoms with Crippen LogP contribution in [0.15, 0.2) is 46.6 Å². The third kappa shape index (κ3) is 17.5. The summed E-state index contributed by atoms with van der Waals surface area (Å²) in [6, 6.07) is 0. The molecule has 1 rings (SSSR count). The maximum Gasteiger partial charge on any atom is 0.394 e. The average Bonchev–Trinajstić information content (AvgIpc) is 2.16. The number of hydrogen-bond donors (Lipinski definition) is 4. The molecule has 0 fully saturated rings. The van der Waals surface area contributed by atoms with Crippen LogP contribution in [-0.2, 0) is 39.7 Å². The van der Waals surface area contributed by atoms with Crippen LogP contribution in [0, 0.1) is 0 Å². The summed E-state index contributed by atoms with van der Waals surface area (Å²) in [5, 5.41) is 10.3. The predicted molar refractivity (Wildman–Crippen MR) is 66.5 cm³/mol. The van der Waals surface area contributed by atoms with Gasteiger partial charge in [0.25, 0.3) is 0 Å². The van der Waals surface area contributed by atoms with Gasteiger partial charge in [0.1, 0.15) is 0 Å². The van der Waals surface area contributed by atoms with Gasteiger partial charge >= 0.3 is 15.5 Å². The molecule has 8 nitrogen and oxygen atoms in total. The zero-order chi connectivity index (χ0) is 13.3. The Balaban J connectivity index is 0. The monoisotopic (exact) mass is 335 g/mol. The number of nitrogens with two attached hydrogens (primary N) is 1. The summed E-state index contributed by atoms with van der Waals surface area (Å²) in [5.41, 5.74) is 6.00. The van der Waals surface area contributed by atoms with E-state index < -0.39 is 10.4 Å². The van der Waals surface area contributed by atoms with Gasteiger partial charge in [0.2, 0.25) is 12.2 Å². The van der Waals surface area contributed by atoms with Gasteiger partial charge in [-0.25, -0.2) is 5.73 Å². The van der Waals surface area contributed by atoms with Crippen LogP contribution in [0.3, 0.4) is 0 Å². The normalized spacial score (nSPS) is 15.6. The third-order valence-electron chi connectivity index (χ3n) is 1.09. The summed E-state index contributed by atoms with van der Waals surface area (Å²) in [4.78, 5) is 0. The molecule has 0 spiro atoms. The fourth-order valence-corrected chi connectivity index (χ4v) is 0.689. The molecular formula is C7H11FeN4O4S2+. The number of azo groups is 1. The summed E-state index contributed by atoms with van der Waals surface area (Å²) >= 11 is 3.75. The standard InChI is InChI=1S/C7H8N4S.Fe.H2O4S/c8-7(12)11-10-5-6-3-1-2-4-9-6;;1-5(2,3)4/h1-5,9H,(H2,8,12);;(H2,1,2,3,4)/p+1/b6-5-,11-10?;;. The Morgan fingerprint density at radius 2 is 2.00 bits per heavy atom. The number of thiol groups is 1. The van der Waals surface area contributed by atoms with E-state index in [0.29, 0.717) is 0 Å². The zero-order valence-corrected chi connectivity index (χ0v) is 11.6. The average molecular weight is 335 g/mol. The summed E-state index contributed by atoms with van der Waals surface area (Å²) in [6.45, 7) is 0. The topological polar surface area (TPSA) is 137 Å². The van der Waals surface area contributed by atoms with Gasteiger partial charge in [-0.05, 0) is 12.2 Å². The quantitative estimate of drug-likeness (QED) is 0.129. The van der Waals surface area contributed by atoms with Gasteiger partial charge in [-0.2, -0.15) is 13.5 Å².